The van der Waals surface area contributed by atoms with Crippen LogP contribution < -0.4 is 14.8 Å². The molecule has 0 bridgehead atoms. The van der Waals surface area contributed by atoms with Gasteiger partial charge < -0.3 is 20.2 Å². The van der Waals surface area contributed by atoms with E-state index in [1.165, 1.54) is 25.4 Å². The van der Waals surface area contributed by atoms with E-state index in [1.807, 2.05) is 0 Å². The van der Waals surface area contributed by atoms with Gasteiger partial charge in [0.2, 0.25) is 0 Å². The number of benzene rings is 1. The first kappa shape index (κ1) is 20.1. The number of nitrogens with zero attached hydrogens (tertiary/aromatic N) is 3. The van der Waals surface area contributed by atoms with Crippen molar-refractivity contribution in [1.82, 2.24) is 15.0 Å². The molecular weight excluding hydrogens is 387 g/mol. The maximum absolute atomic E-state index is 13.7. The Morgan fingerprint density at radius 2 is 2.00 bits per heavy atom. The summed E-state index contributed by atoms with van der Waals surface area (Å²) < 4.78 is 47.8. The molecule has 0 radical (unpaired) electrons. The lowest BCUT2D eigenvalue weighted by atomic mass is 10.1. The molecule has 0 aliphatic heterocycles. The molecule has 0 aliphatic carbocycles. The van der Waals surface area contributed by atoms with Crippen LogP contribution >= 0.6 is 0 Å². The number of alkyl halides is 2. The Morgan fingerprint density at radius 3 is 2.72 bits per heavy atom. The summed E-state index contributed by atoms with van der Waals surface area (Å²) in [5.41, 5.74) is 2.47. The van der Waals surface area contributed by atoms with E-state index in [1.54, 1.807) is 18.3 Å². The summed E-state index contributed by atoms with van der Waals surface area (Å²) in [7, 11) is 1.46. The lowest BCUT2D eigenvalue weighted by Gasteiger charge is -2.12. The largest absolute Gasteiger partial charge is 0.467 e. The van der Waals surface area contributed by atoms with Crippen molar-refractivity contribution in [3.63, 3.8) is 0 Å². The fraction of sp³-hybridized carbons (Fsp3) is 0.158. The standard InChI is InChI=1S/C19H16F3N5O2/c1-28-19-24-5-4-13(27-19)10-26-15-6-12(9-25-16(15)8-23)11-2-3-14(20)17(7-11)29-18(21)22/h2-9,18,23,26H,10H2,1H3. The Balaban J connectivity index is 1.88. The Bertz CT molecular complexity index is 1020. The molecule has 2 heterocycles. The highest BCUT2D eigenvalue weighted by molar-refractivity contribution is 5.85. The second-order valence-electron chi connectivity index (χ2n) is 5.71. The third-order valence-corrected chi connectivity index (χ3v) is 3.87. The van der Waals surface area contributed by atoms with E-state index in [4.69, 9.17) is 10.1 Å². The van der Waals surface area contributed by atoms with Crippen molar-refractivity contribution in [1.29, 1.82) is 5.41 Å². The van der Waals surface area contributed by atoms with Gasteiger partial charge >= 0.3 is 12.6 Å². The van der Waals surface area contributed by atoms with Crippen LogP contribution in [0.3, 0.4) is 0 Å². The van der Waals surface area contributed by atoms with Crippen molar-refractivity contribution in [2.24, 2.45) is 0 Å². The van der Waals surface area contributed by atoms with E-state index in [-0.39, 0.29) is 6.01 Å². The van der Waals surface area contributed by atoms with Crippen molar-refractivity contribution in [3.05, 3.63) is 59.9 Å². The first-order chi connectivity index (χ1) is 14.0. The predicted molar refractivity (Wildman–Crippen MR) is 100 cm³/mol. The first-order valence-electron chi connectivity index (χ1n) is 8.35. The minimum atomic E-state index is -3.14. The number of anilines is 1. The number of methoxy groups -OCH3 is 1. The summed E-state index contributed by atoms with van der Waals surface area (Å²) in [5.74, 6) is -1.45. The maximum atomic E-state index is 13.7. The van der Waals surface area contributed by atoms with Crippen LogP contribution in [0.25, 0.3) is 11.1 Å². The van der Waals surface area contributed by atoms with Crippen molar-refractivity contribution < 1.29 is 22.6 Å². The van der Waals surface area contributed by atoms with Gasteiger partial charge in [0, 0.05) is 24.2 Å². The molecule has 10 heteroatoms. The van der Waals surface area contributed by atoms with Crippen LogP contribution in [-0.4, -0.2) is 34.9 Å². The third kappa shape index (κ3) is 4.98. The van der Waals surface area contributed by atoms with Crippen molar-refractivity contribution in [3.8, 4) is 22.9 Å². The summed E-state index contributed by atoms with van der Waals surface area (Å²) in [5, 5.41) is 10.6. The van der Waals surface area contributed by atoms with Gasteiger partial charge in [-0.05, 0) is 29.8 Å². The molecule has 0 atom stereocenters. The lowest BCUT2D eigenvalue weighted by molar-refractivity contribution is -0.0521. The number of aromatic nitrogens is 3. The molecule has 29 heavy (non-hydrogen) atoms. The highest BCUT2D eigenvalue weighted by Crippen LogP contribution is 2.29. The van der Waals surface area contributed by atoms with Gasteiger partial charge in [-0.1, -0.05) is 6.07 Å². The van der Waals surface area contributed by atoms with E-state index < -0.39 is 18.2 Å². The zero-order chi connectivity index (χ0) is 20.8. The van der Waals surface area contributed by atoms with Crippen LogP contribution in [0.15, 0.2) is 42.7 Å². The Morgan fingerprint density at radius 1 is 1.17 bits per heavy atom. The molecule has 0 unspecified atom stereocenters. The Labute approximate surface area is 164 Å². The van der Waals surface area contributed by atoms with Crippen molar-refractivity contribution in [2.75, 3.05) is 12.4 Å². The van der Waals surface area contributed by atoms with Gasteiger partial charge in [0.05, 0.1) is 25.0 Å². The van der Waals surface area contributed by atoms with E-state index in [2.05, 4.69) is 25.0 Å². The predicted octanol–water partition coefficient (Wildman–Crippen LogP) is 3.90. The van der Waals surface area contributed by atoms with Crippen LogP contribution in [0.4, 0.5) is 18.9 Å². The fourth-order valence-corrected chi connectivity index (χ4v) is 2.52. The van der Waals surface area contributed by atoms with E-state index in [0.717, 1.165) is 12.3 Å². The van der Waals surface area contributed by atoms with Gasteiger partial charge in [0.1, 0.15) is 5.69 Å². The first-order valence-corrected chi connectivity index (χ1v) is 8.35. The quantitative estimate of drug-likeness (QED) is 0.554. The summed E-state index contributed by atoms with van der Waals surface area (Å²) in [6.45, 7) is -2.84. The second-order valence-corrected chi connectivity index (χ2v) is 5.71. The van der Waals surface area contributed by atoms with Crippen molar-refractivity contribution in [2.45, 2.75) is 13.2 Å². The minimum absolute atomic E-state index is 0.223. The van der Waals surface area contributed by atoms with Crippen LogP contribution in [0.1, 0.15) is 11.4 Å². The van der Waals surface area contributed by atoms with Crippen LogP contribution in [0, 0.1) is 11.2 Å². The molecule has 3 rings (SSSR count). The second kappa shape index (κ2) is 9.00. The van der Waals surface area contributed by atoms with E-state index in [0.29, 0.717) is 34.7 Å². The highest BCUT2D eigenvalue weighted by atomic mass is 19.3. The third-order valence-electron chi connectivity index (χ3n) is 3.87. The molecule has 3 aromatic rings. The number of rotatable bonds is 8. The van der Waals surface area contributed by atoms with E-state index >= 15 is 0 Å². The Kier molecular flexibility index (Phi) is 6.22. The minimum Gasteiger partial charge on any atom is -0.467 e. The van der Waals surface area contributed by atoms with Gasteiger partial charge in [0.25, 0.3) is 0 Å². The number of nitrogens with one attached hydrogen (secondary N) is 2. The molecule has 2 aromatic heterocycles. The molecule has 0 aliphatic rings. The average Bonchev–Trinajstić information content (AvgIpc) is 2.73. The summed E-state index contributed by atoms with van der Waals surface area (Å²) >= 11 is 0. The molecule has 150 valence electrons. The normalized spacial score (nSPS) is 10.7. The fourth-order valence-electron chi connectivity index (χ4n) is 2.52. The molecule has 0 saturated carbocycles. The monoisotopic (exact) mass is 403 g/mol. The molecule has 0 saturated heterocycles. The molecule has 0 amide bonds. The van der Waals surface area contributed by atoms with Gasteiger partial charge in [-0.25, -0.2) is 9.37 Å². The van der Waals surface area contributed by atoms with Gasteiger partial charge in [-0.3, -0.25) is 4.98 Å². The highest BCUT2D eigenvalue weighted by Gasteiger charge is 2.13. The van der Waals surface area contributed by atoms with Gasteiger partial charge in [-0.2, -0.15) is 13.8 Å². The summed E-state index contributed by atoms with van der Waals surface area (Å²) in [6, 6.07) is 7.23. The molecule has 2 N–H and O–H groups in total. The molecule has 0 fully saturated rings. The zero-order valence-corrected chi connectivity index (χ0v) is 15.2. The lowest BCUT2D eigenvalue weighted by Crippen LogP contribution is -2.06. The number of hydrogen-bond acceptors (Lipinski definition) is 7. The number of hydrogen-bond donors (Lipinski definition) is 2. The van der Waals surface area contributed by atoms with Crippen LogP contribution in [0.2, 0.25) is 0 Å². The zero-order valence-electron chi connectivity index (χ0n) is 15.2. The van der Waals surface area contributed by atoms with E-state index in [9.17, 15) is 13.2 Å². The van der Waals surface area contributed by atoms with Gasteiger partial charge in [-0.15, -0.1) is 0 Å². The Hall–Kier alpha value is -3.69. The molecule has 1 aromatic carbocycles. The topological polar surface area (TPSA) is 93.0 Å². The van der Waals surface area contributed by atoms with Gasteiger partial charge in [0.15, 0.2) is 11.6 Å². The maximum Gasteiger partial charge on any atom is 0.387 e. The molecular formula is C19H16F3N5O2. The summed E-state index contributed by atoms with van der Waals surface area (Å²) in [6.07, 6.45) is 4.08. The number of pyridine rings is 1. The SMILES string of the molecule is COc1nccc(CNc2cc(-c3ccc(F)c(OC(F)F)c3)cnc2C=N)n1. The van der Waals surface area contributed by atoms with Crippen LogP contribution in [0.5, 0.6) is 11.8 Å². The smallest absolute Gasteiger partial charge is 0.387 e. The molecule has 0 spiro atoms. The number of halogens is 3. The molecule has 7 nitrogen and oxygen atoms in total. The number of ether oxygens (including phenoxy) is 2. The average molecular weight is 403 g/mol. The van der Waals surface area contributed by atoms with Crippen LogP contribution in [-0.2, 0) is 6.54 Å². The summed E-state index contributed by atoms with van der Waals surface area (Å²) in [4.78, 5) is 12.3. The van der Waals surface area contributed by atoms with Crippen molar-refractivity contribution >= 4 is 11.9 Å².